The fourth-order valence-electron chi connectivity index (χ4n) is 1.90. The summed E-state index contributed by atoms with van der Waals surface area (Å²) in [5.74, 6) is -0.485. The Kier molecular flexibility index (Phi) is 5.71. The summed E-state index contributed by atoms with van der Waals surface area (Å²) in [4.78, 5) is 11.6. The molecule has 0 aliphatic carbocycles. The van der Waals surface area contributed by atoms with E-state index in [0.717, 1.165) is 13.0 Å². The number of ether oxygens (including phenoxy) is 1. The lowest BCUT2D eigenvalue weighted by Crippen LogP contribution is -2.23. The molecule has 0 aliphatic heterocycles. The Labute approximate surface area is 128 Å². The second kappa shape index (κ2) is 7.97. The van der Waals surface area contributed by atoms with E-state index in [0.29, 0.717) is 12.1 Å². The molecule has 116 valence electrons. The molecule has 22 heavy (non-hydrogen) atoms. The van der Waals surface area contributed by atoms with Crippen LogP contribution in [0.3, 0.4) is 0 Å². The van der Waals surface area contributed by atoms with Crippen LogP contribution in [0.15, 0.2) is 42.7 Å². The quantitative estimate of drug-likeness (QED) is 0.630. The Bertz CT molecular complexity index is 639. The Hall–Kier alpha value is -2.63. The van der Waals surface area contributed by atoms with Gasteiger partial charge in [0.15, 0.2) is 11.6 Å². The van der Waals surface area contributed by atoms with Crippen molar-refractivity contribution in [1.82, 2.24) is 15.1 Å². The van der Waals surface area contributed by atoms with Gasteiger partial charge < -0.3 is 10.1 Å². The first-order valence-corrected chi connectivity index (χ1v) is 6.96. The number of benzene rings is 1. The van der Waals surface area contributed by atoms with Gasteiger partial charge >= 0.3 is 0 Å². The van der Waals surface area contributed by atoms with Crippen molar-refractivity contribution >= 4 is 12.0 Å². The van der Waals surface area contributed by atoms with Crippen LogP contribution >= 0.6 is 0 Å². The van der Waals surface area contributed by atoms with E-state index in [1.807, 2.05) is 16.9 Å². The van der Waals surface area contributed by atoms with Crippen LogP contribution < -0.4 is 10.1 Å². The van der Waals surface area contributed by atoms with Crippen LogP contribution in [-0.2, 0) is 11.3 Å². The lowest BCUT2D eigenvalue weighted by molar-refractivity contribution is -0.116. The van der Waals surface area contributed by atoms with Crippen molar-refractivity contribution in [1.29, 1.82) is 0 Å². The zero-order chi connectivity index (χ0) is 15.8. The minimum atomic E-state index is -0.454. The van der Waals surface area contributed by atoms with Crippen LogP contribution in [-0.4, -0.2) is 29.3 Å². The van der Waals surface area contributed by atoms with E-state index in [9.17, 15) is 9.18 Å². The molecule has 0 unspecified atom stereocenters. The van der Waals surface area contributed by atoms with E-state index < -0.39 is 5.82 Å². The normalized spacial score (nSPS) is 10.8. The van der Waals surface area contributed by atoms with Crippen LogP contribution in [0.2, 0.25) is 0 Å². The average Bonchev–Trinajstić information content (AvgIpc) is 3.03. The van der Waals surface area contributed by atoms with Crippen molar-refractivity contribution in [2.45, 2.75) is 13.0 Å². The van der Waals surface area contributed by atoms with E-state index in [1.165, 1.54) is 25.3 Å². The van der Waals surface area contributed by atoms with Crippen molar-refractivity contribution in [2.75, 3.05) is 13.7 Å². The van der Waals surface area contributed by atoms with E-state index in [-0.39, 0.29) is 11.7 Å². The zero-order valence-electron chi connectivity index (χ0n) is 12.3. The van der Waals surface area contributed by atoms with Crippen LogP contribution in [0.25, 0.3) is 6.08 Å². The SMILES string of the molecule is COc1ccc(C=CC(=O)NCCCn2cccn2)cc1F. The molecule has 0 saturated carbocycles. The molecule has 5 nitrogen and oxygen atoms in total. The molecule has 2 aromatic rings. The standard InChI is InChI=1S/C16H18FN3O2/c1-22-15-6-4-13(12-14(15)17)5-7-16(21)18-8-2-10-20-11-3-9-19-20/h3-7,9,11-12H,2,8,10H2,1H3,(H,18,21). The highest BCUT2D eigenvalue weighted by atomic mass is 19.1. The van der Waals surface area contributed by atoms with Crippen LogP contribution in [0, 0.1) is 5.82 Å². The molecule has 0 aliphatic rings. The molecule has 1 N–H and O–H groups in total. The number of halogens is 1. The van der Waals surface area contributed by atoms with E-state index in [4.69, 9.17) is 4.74 Å². The van der Waals surface area contributed by atoms with Gasteiger partial charge in [-0.1, -0.05) is 6.07 Å². The van der Waals surface area contributed by atoms with Gasteiger partial charge in [-0.25, -0.2) is 4.39 Å². The Morgan fingerprint density at radius 2 is 2.36 bits per heavy atom. The number of hydrogen-bond donors (Lipinski definition) is 1. The number of aromatic nitrogens is 2. The number of carbonyl (C=O) groups excluding carboxylic acids is 1. The van der Waals surface area contributed by atoms with E-state index >= 15 is 0 Å². The molecule has 0 bridgehead atoms. The Morgan fingerprint density at radius 3 is 3.05 bits per heavy atom. The predicted molar refractivity (Wildman–Crippen MR) is 81.8 cm³/mol. The van der Waals surface area contributed by atoms with Crippen molar-refractivity contribution in [3.8, 4) is 5.75 Å². The average molecular weight is 303 g/mol. The maximum atomic E-state index is 13.5. The summed E-state index contributed by atoms with van der Waals surface area (Å²) in [5, 5.41) is 6.84. The monoisotopic (exact) mass is 303 g/mol. The first-order chi connectivity index (χ1) is 10.7. The maximum absolute atomic E-state index is 13.5. The van der Waals surface area contributed by atoms with Gasteiger partial charge in [-0.15, -0.1) is 0 Å². The molecule has 6 heteroatoms. The van der Waals surface area contributed by atoms with Crippen molar-refractivity contribution < 1.29 is 13.9 Å². The lowest BCUT2D eigenvalue weighted by atomic mass is 10.2. The van der Waals surface area contributed by atoms with Crippen LogP contribution in [0.5, 0.6) is 5.75 Å². The summed E-state index contributed by atoms with van der Waals surface area (Å²) < 4.78 is 20.1. The van der Waals surface area contributed by atoms with Gasteiger partial charge in [0.25, 0.3) is 0 Å². The van der Waals surface area contributed by atoms with E-state index in [2.05, 4.69) is 10.4 Å². The minimum Gasteiger partial charge on any atom is -0.494 e. The number of hydrogen-bond acceptors (Lipinski definition) is 3. The molecule has 1 heterocycles. The number of carbonyl (C=O) groups is 1. The minimum absolute atomic E-state index is 0.181. The lowest BCUT2D eigenvalue weighted by Gasteiger charge is -2.03. The molecule has 0 saturated heterocycles. The molecule has 2 rings (SSSR count). The Morgan fingerprint density at radius 1 is 1.50 bits per heavy atom. The number of amides is 1. The van der Waals surface area contributed by atoms with Gasteiger partial charge in [-0.2, -0.15) is 5.10 Å². The molecule has 0 spiro atoms. The van der Waals surface area contributed by atoms with Crippen molar-refractivity contribution in [2.24, 2.45) is 0 Å². The molecule has 0 radical (unpaired) electrons. The predicted octanol–water partition coefficient (Wildman–Crippen LogP) is 2.25. The Balaban J connectivity index is 1.75. The zero-order valence-corrected chi connectivity index (χ0v) is 12.3. The van der Waals surface area contributed by atoms with Gasteiger partial charge in [-0.3, -0.25) is 9.48 Å². The molecule has 0 atom stereocenters. The first kappa shape index (κ1) is 15.8. The van der Waals surface area contributed by atoms with Gasteiger partial charge in [0.1, 0.15) is 0 Å². The topological polar surface area (TPSA) is 56.1 Å². The van der Waals surface area contributed by atoms with Gasteiger partial charge in [0.2, 0.25) is 5.91 Å². The third-order valence-electron chi connectivity index (χ3n) is 3.03. The number of rotatable bonds is 7. The number of nitrogens with zero attached hydrogens (tertiary/aromatic N) is 2. The summed E-state index contributed by atoms with van der Waals surface area (Å²) in [6.45, 7) is 1.31. The number of nitrogens with one attached hydrogen (secondary N) is 1. The third kappa shape index (κ3) is 4.73. The van der Waals surface area contributed by atoms with Gasteiger partial charge in [0, 0.05) is 31.6 Å². The summed E-state index contributed by atoms with van der Waals surface area (Å²) >= 11 is 0. The highest BCUT2D eigenvalue weighted by Crippen LogP contribution is 2.18. The highest BCUT2D eigenvalue weighted by molar-refractivity contribution is 5.91. The fraction of sp³-hybridized carbons (Fsp3) is 0.250. The number of methoxy groups -OCH3 is 1. The van der Waals surface area contributed by atoms with Gasteiger partial charge in [-0.05, 0) is 36.3 Å². The molecular weight excluding hydrogens is 285 g/mol. The molecule has 1 aromatic carbocycles. The molecular formula is C16H18FN3O2. The summed E-state index contributed by atoms with van der Waals surface area (Å²) in [6.07, 6.45) is 7.33. The first-order valence-electron chi connectivity index (χ1n) is 6.96. The largest absolute Gasteiger partial charge is 0.494 e. The third-order valence-corrected chi connectivity index (χ3v) is 3.03. The molecule has 1 amide bonds. The van der Waals surface area contributed by atoms with Crippen molar-refractivity contribution in [3.63, 3.8) is 0 Å². The maximum Gasteiger partial charge on any atom is 0.244 e. The summed E-state index contributed by atoms with van der Waals surface area (Å²) in [6, 6.07) is 6.38. The summed E-state index contributed by atoms with van der Waals surface area (Å²) in [7, 11) is 1.41. The number of aryl methyl sites for hydroxylation is 1. The van der Waals surface area contributed by atoms with Crippen molar-refractivity contribution in [3.05, 3.63) is 54.1 Å². The fourth-order valence-corrected chi connectivity index (χ4v) is 1.90. The second-order valence-corrected chi connectivity index (χ2v) is 4.64. The summed E-state index contributed by atoms with van der Waals surface area (Å²) in [5.41, 5.74) is 0.602. The smallest absolute Gasteiger partial charge is 0.244 e. The highest BCUT2D eigenvalue weighted by Gasteiger charge is 2.02. The van der Waals surface area contributed by atoms with Crippen LogP contribution in [0.1, 0.15) is 12.0 Å². The van der Waals surface area contributed by atoms with Gasteiger partial charge in [0.05, 0.1) is 7.11 Å². The van der Waals surface area contributed by atoms with E-state index in [1.54, 1.807) is 18.3 Å². The molecule has 0 fully saturated rings. The van der Waals surface area contributed by atoms with Crippen LogP contribution in [0.4, 0.5) is 4.39 Å². The molecule has 1 aromatic heterocycles. The second-order valence-electron chi connectivity index (χ2n) is 4.64.